The first kappa shape index (κ1) is 41.5. The third kappa shape index (κ3) is 10.7. The fourth-order valence-corrected chi connectivity index (χ4v) is 5.92. The van der Waals surface area contributed by atoms with Crippen LogP contribution in [0.25, 0.3) is 10.4 Å². The number of ether oxygens (including phenoxy) is 2. The van der Waals surface area contributed by atoms with Crippen molar-refractivity contribution in [3.63, 3.8) is 0 Å². The number of phosphoric ester groups is 2. The molecule has 0 spiro atoms. The van der Waals surface area contributed by atoms with Crippen LogP contribution in [0.1, 0.15) is 6.23 Å². The van der Waals surface area contributed by atoms with E-state index in [2.05, 4.69) is 23.4 Å². The van der Waals surface area contributed by atoms with Crippen molar-refractivity contribution >= 4 is 21.6 Å². The number of azide groups is 1. The van der Waals surface area contributed by atoms with Gasteiger partial charge in [0.25, 0.3) is 21.2 Å². The summed E-state index contributed by atoms with van der Waals surface area (Å²) in [5.41, 5.74) is 6.49. The van der Waals surface area contributed by atoms with E-state index in [9.17, 15) is 58.8 Å². The van der Waals surface area contributed by atoms with E-state index in [0.29, 0.717) is 4.57 Å². The second-order valence-electron chi connectivity index (χ2n) is 8.63. The number of rotatable bonds is 12. The van der Waals surface area contributed by atoms with Gasteiger partial charge in [-0.05, 0) is 5.53 Å². The van der Waals surface area contributed by atoms with Gasteiger partial charge in [-0.2, -0.15) is 0 Å². The Bertz CT molecular complexity index is 1400. The first-order valence-electron chi connectivity index (χ1n) is 11.5. The Morgan fingerprint density at radius 2 is 1.73 bits per heavy atom. The molecule has 2 saturated heterocycles. The minimum absolute atomic E-state index is 0. The van der Waals surface area contributed by atoms with Crippen LogP contribution in [-0.2, 0) is 36.8 Å². The molecule has 7 N–H and O–H groups in total. The van der Waals surface area contributed by atoms with Gasteiger partial charge in [0, 0.05) is 17.2 Å². The summed E-state index contributed by atoms with van der Waals surface area (Å²) in [7, 11) is -11.9. The molecular formula is C17H24N6Na2O17P2. The maximum Gasteiger partial charge on any atom is 1.00 e. The molecular weight excluding hydrogens is 668 g/mol. The van der Waals surface area contributed by atoms with Gasteiger partial charge in [-0.1, -0.05) is 5.11 Å². The predicted molar refractivity (Wildman–Crippen MR) is 124 cm³/mol. The quantitative estimate of drug-likeness (QED) is 0.0351. The predicted octanol–water partition coefficient (Wildman–Crippen LogP) is -11.6. The molecule has 236 valence electrons. The van der Waals surface area contributed by atoms with Crippen LogP contribution in [0.3, 0.4) is 0 Å². The van der Waals surface area contributed by atoms with Gasteiger partial charge >= 0.3 is 64.8 Å². The number of nitrogens with one attached hydrogen (secondary N) is 2. The van der Waals surface area contributed by atoms with Crippen LogP contribution in [0, 0.1) is 0 Å². The van der Waals surface area contributed by atoms with Crippen LogP contribution >= 0.6 is 15.6 Å². The van der Waals surface area contributed by atoms with Gasteiger partial charge < -0.3 is 54.6 Å². The number of hydrogen-bond donors (Lipinski definition) is 7. The molecule has 1 aromatic heterocycles. The Labute approximate surface area is 289 Å². The maximum atomic E-state index is 12.4. The normalized spacial score (nSPS) is 32.6. The maximum absolute atomic E-state index is 12.4. The Morgan fingerprint density at radius 1 is 1.09 bits per heavy atom. The number of aromatic nitrogens is 2. The zero-order chi connectivity index (χ0) is 31.4. The molecule has 23 nitrogen and oxygen atoms in total. The van der Waals surface area contributed by atoms with Gasteiger partial charge in [-0.15, -0.1) is 0 Å². The molecule has 1 amide bonds. The van der Waals surface area contributed by atoms with E-state index in [0.717, 1.165) is 12.3 Å². The zero-order valence-electron chi connectivity index (χ0n) is 22.8. The second kappa shape index (κ2) is 17.6. The van der Waals surface area contributed by atoms with Gasteiger partial charge in [-0.3, -0.25) is 32.8 Å². The number of nitrogens with zero attached hydrogens (tertiary/aromatic N) is 4. The molecule has 3 heterocycles. The number of H-pyrrole nitrogens is 1. The smallest absolute Gasteiger partial charge is 0.756 e. The number of carbonyl (C=O) groups is 1. The van der Waals surface area contributed by atoms with Crippen molar-refractivity contribution in [3.05, 3.63) is 43.5 Å². The topological polar surface area (TPSA) is 360 Å². The molecule has 3 rings (SSSR count). The van der Waals surface area contributed by atoms with Gasteiger partial charge in [0.15, 0.2) is 12.5 Å². The van der Waals surface area contributed by atoms with Gasteiger partial charge in [0.05, 0.1) is 13.2 Å². The second-order valence-corrected chi connectivity index (χ2v) is 11.5. The number of carbonyl (C=O) groups excluding carboxylic acids is 1. The molecule has 44 heavy (non-hydrogen) atoms. The van der Waals surface area contributed by atoms with E-state index in [-0.39, 0.29) is 59.1 Å². The van der Waals surface area contributed by atoms with Gasteiger partial charge in [0.2, 0.25) is 5.91 Å². The molecule has 0 saturated carbocycles. The van der Waals surface area contributed by atoms with E-state index < -0.39 is 108 Å². The van der Waals surface area contributed by atoms with Crippen LogP contribution in [0.2, 0.25) is 0 Å². The number of aliphatic hydroxyl groups excluding tert-OH is 5. The number of hydrogen-bond acceptors (Lipinski definition) is 18. The standard InChI is InChI=1S/C17H26N6O17P2.2Na/c18-22-19-3-9(26)20-10-13(29)11(27)6(4-24)38-16(10)39-42(34,35)40-41(32,33)36-5-7-12(28)14(30)15(37-7)23-2-1-8(25)21-17(23)31;;/h1-2,6-7,10-16,24,27-30H,3-5H2,(H,20,26)(H,32,33)(H,34,35)(H,21,25,31);;/q;2*+1/p-2/t6-,7-,10-,11+,12-,13-,14-,15-,16-;;/m1../s1. The van der Waals surface area contributed by atoms with Crippen LogP contribution < -0.4 is 85.5 Å². The summed E-state index contributed by atoms with van der Waals surface area (Å²) in [6.45, 7) is -3.00. The third-order valence-corrected chi connectivity index (χ3v) is 8.31. The molecule has 1 aromatic rings. The Hall–Kier alpha value is -0.560. The summed E-state index contributed by atoms with van der Waals surface area (Å²) in [5.74, 6) is -1.11. The van der Waals surface area contributed by atoms with Crippen LogP contribution in [0.4, 0.5) is 0 Å². The van der Waals surface area contributed by atoms with E-state index in [4.69, 9.17) is 15.0 Å². The van der Waals surface area contributed by atoms with E-state index in [1.165, 1.54) is 0 Å². The minimum Gasteiger partial charge on any atom is -0.756 e. The average molecular weight is 692 g/mol. The molecule has 2 unspecified atom stereocenters. The monoisotopic (exact) mass is 692 g/mol. The molecule has 0 aromatic carbocycles. The van der Waals surface area contributed by atoms with Crippen molar-refractivity contribution in [1.29, 1.82) is 0 Å². The van der Waals surface area contributed by atoms with E-state index >= 15 is 0 Å². The van der Waals surface area contributed by atoms with E-state index in [1.807, 2.05) is 10.3 Å². The number of phosphoric acid groups is 2. The molecule has 2 aliphatic rings. The summed E-state index contributed by atoms with van der Waals surface area (Å²) in [4.78, 5) is 63.9. The van der Waals surface area contributed by atoms with Gasteiger partial charge in [0.1, 0.15) is 49.2 Å². The Morgan fingerprint density at radius 3 is 2.32 bits per heavy atom. The summed E-state index contributed by atoms with van der Waals surface area (Å²) >= 11 is 0. The van der Waals surface area contributed by atoms with Crippen LogP contribution in [0.5, 0.6) is 0 Å². The van der Waals surface area contributed by atoms with Crippen molar-refractivity contribution in [2.75, 3.05) is 19.8 Å². The number of aliphatic hydroxyl groups is 5. The summed E-state index contributed by atoms with van der Waals surface area (Å²) < 4.78 is 48.4. The Kier molecular flexibility index (Phi) is 16.5. The SMILES string of the molecule is [N-]=[N+]=NCC(=O)N[C@H]1[C@@H](OP(=O)([O-])OP(=O)([O-])OC[C@H]2O[C@@H](n3ccc(=O)[nH]c3=O)[C@H](O)[C@@H]2O)O[C@H](CO)[C@H](O)[C@@H]1O.[Na+].[Na+]. The average Bonchev–Trinajstić information content (AvgIpc) is 3.18. The Balaban J connectivity index is 0.00000484. The van der Waals surface area contributed by atoms with Crippen LogP contribution in [0.15, 0.2) is 27.0 Å². The summed E-state index contributed by atoms with van der Waals surface area (Å²) in [6, 6.07) is -1.03. The van der Waals surface area contributed by atoms with Crippen molar-refractivity contribution < 1.29 is 131 Å². The molecule has 0 aliphatic carbocycles. The minimum atomic E-state index is -6.04. The number of amides is 1. The van der Waals surface area contributed by atoms with Crippen molar-refractivity contribution in [1.82, 2.24) is 14.9 Å². The van der Waals surface area contributed by atoms with Gasteiger partial charge in [-0.25, -0.2) is 9.11 Å². The summed E-state index contributed by atoms with van der Waals surface area (Å²) in [6.07, 6.45) is -14.0. The fraction of sp³-hybridized carbons (Fsp3) is 0.706. The third-order valence-electron chi connectivity index (χ3n) is 5.78. The van der Waals surface area contributed by atoms with Crippen LogP contribution in [-0.4, -0.2) is 110 Å². The molecule has 27 heteroatoms. The largest absolute Gasteiger partial charge is 1.00 e. The first-order chi connectivity index (χ1) is 19.6. The molecule has 0 bridgehead atoms. The van der Waals surface area contributed by atoms with Crippen molar-refractivity contribution in [3.8, 4) is 0 Å². The fourth-order valence-electron chi connectivity index (χ4n) is 3.83. The first-order valence-corrected chi connectivity index (χ1v) is 14.4. The molecule has 2 fully saturated rings. The van der Waals surface area contributed by atoms with E-state index in [1.54, 1.807) is 0 Å². The zero-order valence-corrected chi connectivity index (χ0v) is 28.6. The summed E-state index contributed by atoms with van der Waals surface area (Å²) in [5, 5.41) is 54.9. The van der Waals surface area contributed by atoms with Crippen molar-refractivity contribution in [2.45, 2.75) is 55.2 Å². The molecule has 2 aliphatic heterocycles. The van der Waals surface area contributed by atoms with Crippen molar-refractivity contribution in [2.24, 2.45) is 5.11 Å². The number of aromatic amines is 1. The molecule has 0 radical (unpaired) electrons. The molecule has 11 atom stereocenters.